The Hall–Kier alpha value is -9.59. The number of para-hydroxylation sites is 7. The lowest BCUT2D eigenvalue weighted by Gasteiger charge is -2.13. The van der Waals surface area contributed by atoms with Gasteiger partial charge in [0.2, 0.25) is 5.95 Å². The van der Waals surface area contributed by atoms with E-state index >= 15 is 0 Å². The van der Waals surface area contributed by atoms with E-state index in [-0.39, 0.29) is 0 Å². The summed E-state index contributed by atoms with van der Waals surface area (Å²) in [6, 6.07) is 84.2. The molecule has 0 radical (unpaired) electrons. The van der Waals surface area contributed by atoms with Crippen LogP contribution in [0.25, 0.3) is 133 Å². The molecule has 0 aliphatic heterocycles. The second kappa shape index (κ2) is 15.0. The van der Waals surface area contributed by atoms with Crippen LogP contribution in [-0.2, 0) is 0 Å². The van der Waals surface area contributed by atoms with Crippen LogP contribution in [0.3, 0.4) is 0 Å². The third kappa shape index (κ3) is 5.60. The third-order valence-electron chi connectivity index (χ3n) is 14.2. The molecule has 15 aromatic rings. The van der Waals surface area contributed by atoms with Gasteiger partial charge in [-0.25, -0.2) is 4.98 Å². The molecule has 70 heavy (non-hydrogen) atoms. The Labute approximate surface area is 401 Å². The standard InChI is InChI=1S/C63H39N7/c1-4-18-42(19-5-1)67-53-30-16-12-26-49(53)59-55(67)36-37-56-60(59)50-27-13-17-31-54(50)70(56)63-65-61(40-32-34-47-45-24-10-14-28-51(45)68(57(47)38-40)43-20-6-2-7-21-43)64-62(66-63)41-33-35-48-46-25-11-15-29-52(46)69(58(48)39-41)44-22-8-3-9-23-44/h1-39H. The van der Waals surface area contributed by atoms with Gasteiger partial charge in [0.1, 0.15) is 0 Å². The van der Waals surface area contributed by atoms with Gasteiger partial charge in [-0.3, -0.25) is 4.57 Å². The summed E-state index contributed by atoms with van der Waals surface area (Å²) in [4.78, 5) is 16.5. The number of benzene rings is 10. The average Bonchev–Trinajstić information content (AvgIpc) is 4.16. The summed E-state index contributed by atoms with van der Waals surface area (Å²) in [7, 11) is 0. The van der Waals surface area contributed by atoms with E-state index in [4.69, 9.17) is 15.0 Å². The minimum absolute atomic E-state index is 0.546. The maximum absolute atomic E-state index is 5.51. The predicted molar refractivity (Wildman–Crippen MR) is 288 cm³/mol. The van der Waals surface area contributed by atoms with Crippen LogP contribution in [-0.4, -0.2) is 33.2 Å². The van der Waals surface area contributed by atoms with Gasteiger partial charge < -0.3 is 13.7 Å². The molecule has 7 heteroatoms. The lowest BCUT2D eigenvalue weighted by Crippen LogP contribution is -2.06. The highest BCUT2D eigenvalue weighted by Crippen LogP contribution is 2.43. The van der Waals surface area contributed by atoms with Crippen molar-refractivity contribution in [1.29, 1.82) is 0 Å². The molecule has 0 saturated heterocycles. The van der Waals surface area contributed by atoms with E-state index in [9.17, 15) is 0 Å². The molecule has 0 aliphatic rings. The van der Waals surface area contributed by atoms with E-state index in [0.717, 1.165) is 93.9 Å². The Morgan fingerprint density at radius 2 is 0.557 bits per heavy atom. The van der Waals surface area contributed by atoms with Crippen molar-refractivity contribution >= 4 is 87.2 Å². The summed E-state index contributed by atoms with van der Waals surface area (Å²) >= 11 is 0. The molecule has 326 valence electrons. The molecule has 10 aromatic carbocycles. The molecule has 15 rings (SSSR count). The average molecular weight is 894 g/mol. The largest absolute Gasteiger partial charge is 0.309 e. The summed E-state index contributed by atoms with van der Waals surface area (Å²) in [6.45, 7) is 0. The van der Waals surface area contributed by atoms with Gasteiger partial charge >= 0.3 is 0 Å². The normalized spacial score (nSPS) is 12.0. The summed E-state index contributed by atoms with van der Waals surface area (Å²) in [6.07, 6.45) is 0. The van der Waals surface area contributed by atoms with Crippen molar-refractivity contribution in [2.45, 2.75) is 0 Å². The third-order valence-corrected chi connectivity index (χ3v) is 14.2. The zero-order valence-corrected chi connectivity index (χ0v) is 37.6. The Morgan fingerprint density at radius 3 is 1.00 bits per heavy atom. The first kappa shape index (κ1) is 38.5. The lowest BCUT2D eigenvalue weighted by atomic mass is 10.1. The Morgan fingerprint density at radius 1 is 0.229 bits per heavy atom. The highest BCUT2D eigenvalue weighted by atomic mass is 15.2. The van der Waals surface area contributed by atoms with Gasteiger partial charge in [-0.1, -0.05) is 152 Å². The molecule has 0 unspecified atom stereocenters. The second-order valence-corrected chi connectivity index (χ2v) is 18.0. The van der Waals surface area contributed by atoms with Crippen molar-refractivity contribution in [2.24, 2.45) is 0 Å². The van der Waals surface area contributed by atoms with Crippen LogP contribution in [0.4, 0.5) is 0 Å². The molecule has 5 aromatic heterocycles. The number of aromatic nitrogens is 7. The molecule has 0 aliphatic carbocycles. The zero-order chi connectivity index (χ0) is 45.9. The van der Waals surface area contributed by atoms with Crippen molar-refractivity contribution in [3.63, 3.8) is 0 Å². The highest BCUT2D eigenvalue weighted by Gasteiger charge is 2.24. The molecule has 5 heterocycles. The SMILES string of the molecule is c1ccc(-n2c3ccccc3c3ccc(-c4nc(-c5ccc6c7ccccc7n(-c7ccccc7)c6c5)nc(-n5c6ccccc6c6c7c8ccccc8n(-c8ccccc8)c7ccc65)n4)cc32)cc1. The Balaban J connectivity index is 1.03. The van der Waals surface area contributed by atoms with Crippen LogP contribution in [0, 0.1) is 0 Å². The minimum Gasteiger partial charge on any atom is -0.309 e. The van der Waals surface area contributed by atoms with Gasteiger partial charge in [-0.2, -0.15) is 9.97 Å². The number of rotatable bonds is 6. The predicted octanol–water partition coefficient (Wildman–Crippen LogP) is 15.6. The topological polar surface area (TPSA) is 58.4 Å². The smallest absolute Gasteiger partial charge is 0.238 e. The van der Waals surface area contributed by atoms with Crippen molar-refractivity contribution in [3.05, 3.63) is 237 Å². The number of hydrogen-bond acceptors (Lipinski definition) is 3. The van der Waals surface area contributed by atoms with Crippen LogP contribution in [0.1, 0.15) is 0 Å². The molecule has 0 bridgehead atoms. The van der Waals surface area contributed by atoms with E-state index in [0.29, 0.717) is 17.6 Å². The Bertz CT molecular complexity index is 4400. The maximum Gasteiger partial charge on any atom is 0.238 e. The van der Waals surface area contributed by atoms with Gasteiger partial charge in [-0.05, 0) is 84.9 Å². The molecule has 0 N–H and O–H groups in total. The first-order chi connectivity index (χ1) is 34.7. The van der Waals surface area contributed by atoms with E-state index in [2.05, 4.69) is 255 Å². The molecule has 0 spiro atoms. The summed E-state index contributed by atoms with van der Waals surface area (Å²) in [5.41, 5.74) is 13.9. The van der Waals surface area contributed by atoms with Gasteiger partial charge in [-0.15, -0.1) is 0 Å². The van der Waals surface area contributed by atoms with Crippen molar-refractivity contribution in [2.75, 3.05) is 0 Å². The Kier molecular flexibility index (Phi) is 8.23. The fourth-order valence-corrected chi connectivity index (χ4v) is 11.2. The van der Waals surface area contributed by atoms with E-state index in [1.807, 2.05) is 0 Å². The molecular formula is C63H39N7. The second-order valence-electron chi connectivity index (χ2n) is 18.0. The number of hydrogen-bond donors (Lipinski definition) is 0. The van der Waals surface area contributed by atoms with Crippen molar-refractivity contribution < 1.29 is 0 Å². The molecular weight excluding hydrogens is 855 g/mol. The van der Waals surface area contributed by atoms with Gasteiger partial charge in [0.15, 0.2) is 11.6 Å². The molecule has 0 saturated carbocycles. The van der Waals surface area contributed by atoms with Crippen LogP contribution in [0.2, 0.25) is 0 Å². The molecule has 0 atom stereocenters. The van der Waals surface area contributed by atoms with Gasteiger partial charge in [0.05, 0.1) is 44.1 Å². The van der Waals surface area contributed by atoms with E-state index in [1.54, 1.807) is 0 Å². The minimum atomic E-state index is 0.546. The van der Waals surface area contributed by atoms with Crippen molar-refractivity contribution in [3.8, 4) is 45.8 Å². The van der Waals surface area contributed by atoms with Gasteiger partial charge in [0.25, 0.3) is 0 Å². The molecule has 0 fully saturated rings. The summed E-state index contributed by atoms with van der Waals surface area (Å²) in [5.74, 6) is 1.72. The number of fused-ring (bicyclic) bond motifs is 13. The molecule has 7 nitrogen and oxygen atoms in total. The van der Waals surface area contributed by atoms with Crippen molar-refractivity contribution in [1.82, 2.24) is 33.2 Å². The van der Waals surface area contributed by atoms with Gasteiger partial charge in [0, 0.05) is 71.3 Å². The summed E-state index contributed by atoms with van der Waals surface area (Å²) < 4.78 is 9.31. The van der Waals surface area contributed by atoms with Crippen LogP contribution in [0.5, 0.6) is 0 Å². The monoisotopic (exact) mass is 893 g/mol. The molecule has 0 amide bonds. The highest BCUT2D eigenvalue weighted by molar-refractivity contribution is 6.29. The lowest BCUT2D eigenvalue weighted by molar-refractivity contribution is 0.953. The van der Waals surface area contributed by atoms with E-state index in [1.165, 1.54) is 21.5 Å². The number of nitrogens with zero attached hydrogens (tertiary/aromatic N) is 7. The van der Waals surface area contributed by atoms with Crippen LogP contribution in [0.15, 0.2) is 237 Å². The van der Waals surface area contributed by atoms with E-state index < -0.39 is 0 Å². The maximum atomic E-state index is 5.51. The van der Waals surface area contributed by atoms with Crippen LogP contribution >= 0.6 is 0 Å². The summed E-state index contributed by atoms with van der Waals surface area (Å²) in [5, 5.41) is 9.39. The first-order valence-corrected chi connectivity index (χ1v) is 23.7. The fourth-order valence-electron chi connectivity index (χ4n) is 11.2. The fraction of sp³-hybridized carbons (Fsp3) is 0. The quantitative estimate of drug-likeness (QED) is 0.167. The van der Waals surface area contributed by atoms with Crippen LogP contribution < -0.4 is 0 Å². The first-order valence-electron chi connectivity index (χ1n) is 23.7. The zero-order valence-electron chi connectivity index (χ0n) is 37.6.